The summed E-state index contributed by atoms with van der Waals surface area (Å²) in [5.74, 6) is 0.753. The summed E-state index contributed by atoms with van der Waals surface area (Å²) in [4.78, 5) is 24.1. The van der Waals surface area contributed by atoms with Crippen molar-refractivity contribution < 1.29 is 9.53 Å². The number of methoxy groups -OCH3 is 1. The number of amides is 1. The summed E-state index contributed by atoms with van der Waals surface area (Å²) in [6.07, 6.45) is 0. The number of para-hydroxylation sites is 1. The Hall–Kier alpha value is -3.16. The van der Waals surface area contributed by atoms with Gasteiger partial charge in [-0.2, -0.15) is 0 Å². The standard InChI is InChI=1S/C25H21N3O2S2/c1-27-20-10-6-7-11-21(20)31-24(27)22-23(29)28(16-17-8-4-3-5-9-17)25(32-22)26-18-12-14-19(30-2)15-13-18/h3-15H,16H2,1-2H3/b24-22-,26-25?. The molecule has 0 aliphatic carbocycles. The van der Waals surface area contributed by atoms with E-state index in [1.807, 2.05) is 73.8 Å². The van der Waals surface area contributed by atoms with Gasteiger partial charge in [0.05, 0.1) is 30.1 Å². The fraction of sp³-hybridized carbons (Fsp3) is 0.120. The number of rotatable bonds is 4. The van der Waals surface area contributed by atoms with Crippen LogP contribution in [0.5, 0.6) is 5.75 Å². The summed E-state index contributed by atoms with van der Waals surface area (Å²) in [6, 6.07) is 25.8. The van der Waals surface area contributed by atoms with Crippen molar-refractivity contribution in [3.8, 4) is 5.75 Å². The highest BCUT2D eigenvalue weighted by atomic mass is 32.2. The predicted molar refractivity (Wildman–Crippen MR) is 132 cm³/mol. The van der Waals surface area contributed by atoms with Crippen LogP contribution in [0.15, 0.2) is 98.7 Å². The van der Waals surface area contributed by atoms with E-state index in [9.17, 15) is 4.79 Å². The fourth-order valence-electron chi connectivity index (χ4n) is 3.59. The molecule has 2 aliphatic heterocycles. The average Bonchev–Trinajstić information content (AvgIpc) is 3.32. The number of carbonyl (C=O) groups is 1. The molecule has 160 valence electrons. The maximum absolute atomic E-state index is 13.6. The molecule has 0 atom stereocenters. The number of fused-ring (bicyclic) bond motifs is 1. The monoisotopic (exact) mass is 459 g/mol. The first-order valence-electron chi connectivity index (χ1n) is 10.2. The largest absolute Gasteiger partial charge is 0.497 e. The summed E-state index contributed by atoms with van der Waals surface area (Å²) < 4.78 is 5.25. The molecule has 1 fully saturated rings. The third kappa shape index (κ3) is 3.89. The van der Waals surface area contributed by atoms with Gasteiger partial charge < -0.3 is 9.64 Å². The number of nitrogens with zero attached hydrogens (tertiary/aromatic N) is 3. The Morgan fingerprint density at radius 3 is 2.34 bits per heavy atom. The predicted octanol–water partition coefficient (Wildman–Crippen LogP) is 5.87. The smallest absolute Gasteiger partial charge is 0.269 e. The van der Waals surface area contributed by atoms with Gasteiger partial charge in [0.2, 0.25) is 0 Å². The van der Waals surface area contributed by atoms with E-state index in [0.717, 1.165) is 32.6 Å². The van der Waals surface area contributed by atoms with Crippen molar-refractivity contribution in [1.82, 2.24) is 4.90 Å². The molecule has 2 aliphatic rings. The molecule has 0 N–H and O–H groups in total. The van der Waals surface area contributed by atoms with E-state index in [2.05, 4.69) is 17.0 Å². The van der Waals surface area contributed by atoms with Gasteiger partial charge in [-0.25, -0.2) is 4.99 Å². The van der Waals surface area contributed by atoms with Crippen LogP contribution in [0.2, 0.25) is 0 Å². The SMILES string of the molecule is COc1ccc(N=C2S/C(=C3\Sc4ccccc4N3C)C(=O)N2Cc2ccccc2)cc1. The van der Waals surface area contributed by atoms with Gasteiger partial charge in [0, 0.05) is 11.9 Å². The second kappa shape index (κ2) is 8.76. The summed E-state index contributed by atoms with van der Waals surface area (Å²) in [7, 11) is 3.65. The highest BCUT2D eigenvalue weighted by molar-refractivity contribution is 8.19. The van der Waals surface area contributed by atoms with Crippen molar-refractivity contribution >= 4 is 46.0 Å². The zero-order chi connectivity index (χ0) is 22.1. The summed E-state index contributed by atoms with van der Waals surface area (Å²) in [5, 5.41) is 1.62. The molecule has 5 rings (SSSR count). The van der Waals surface area contributed by atoms with Crippen LogP contribution in [0.25, 0.3) is 0 Å². The quantitative estimate of drug-likeness (QED) is 0.457. The number of hydrogen-bond donors (Lipinski definition) is 0. The Balaban J connectivity index is 1.53. The molecule has 3 aromatic carbocycles. The summed E-state index contributed by atoms with van der Waals surface area (Å²) in [5.41, 5.74) is 2.95. The van der Waals surface area contributed by atoms with E-state index in [1.165, 1.54) is 11.8 Å². The Morgan fingerprint density at radius 2 is 1.62 bits per heavy atom. The molecular formula is C25H21N3O2S2. The van der Waals surface area contributed by atoms with Crippen LogP contribution in [-0.2, 0) is 11.3 Å². The molecular weight excluding hydrogens is 438 g/mol. The second-order valence-corrected chi connectivity index (χ2v) is 9.34. The number of benzene rings is 3. The Kier molecular flexibility index (Phi) is 5.68. The van der Waals surface area contributed by atoms with Crippen molar-refractivity contribution in [3.05, 3.63) is 94.4 Å². The summed E-state index contributed by atoms with van der Waals surface area (Å²) >= 11 is 3.07. The van der Waals surface area contributed by atoms with Crippen LogP contribution >= 0.6 is 23.5 Å². The second-order valence-electron chi connectivity index (χ2n) is 7.33. The highest BCUT2D eigenvalue weighted by Crippen LogP contribution is 2.50. The Bertz CT molecular complexity index is 1220. The van der Waals surface area contributed by atoms with Gasteiger partial charge in [0.15, 0.2) is 5.17 Å². The van der Waals surface area contributed by atoms with E-state index >= 15 is 0 Å². The molecule has 0 spiro atoms. The van der Waals surface area contributed by atoms with Crippen LogP contribution in [-0.4, -0.2) is 30.1 Å². The van der Waals surface area contributed by atoms with Crippen molar-refractivity contribution in [2.24, 2.45) is 4.99 Å². The molecule has 7 heteroatoms. The molecule has 3 aromatic rings. The van der Waals surface area contributed by atoms with Gasteiger partial charge in [-0.3, -0.25) is 9.69 Å². The van der Waals surface area contributed by atoms with Gasteiger partial charge in [-0.1, -0.05) is 54.2 Å². The third-order valence-electron chi connectivity index (χ3n) is 5.28. The molecule has 5 nitrogen and oxygen atoms in total. The van der Waals surface area contributed by atoms with E-state index in [4.69, 9.17) is 9.73 Å². The number of amidine groups is 1. The van der Waals surface area contributed by atoms with Crippen molar-refractivity contribution in [3.63, 3.8) is 0 Å². The molecule has 0 unspecified atom stereocenters. The van der Waals surface area contributed by atoms with Gasteiger partial charge in [-0.05, 0) is 53.7 Å². The minimum atomic E-state index is -0.0201. The van der Waals surface area contributed by atoms with Crippen molar-refractivity contribution in [2.45, 2.75) is 11.4 Å². The third-order valence-corrected chi connectivity index (χ3v) is 7.71. The van der Waals surface area contributed by atoms with Gasteiger partial charge in [0.25, 0.3) is 5.91 Å². The minimum Gasteiger partial charge on any atom is -0.497 e. The number of anilines is 1. The van der Waals surface area contributed by atoms with Crippen LogP contribution < -0.4 is 9.64 Å². The maximum Gasteiger partial charge on any atom is 0.269 e. The van der Waals surface area contributed by atoms with Crippen LogP contribution in [0.3, 0.4) is 0 Å². The van der Waals surface area contributed by atoms with Gasteiger partial charge >= 0.3 is 0 Å². The maximum atomic E-state index is 13.6. The van der Waals surface area contributed by atoms with Gasteiger partial charge in [0.1, 0.15) is 10.7 Å². The first kappa shape index (κ1) is 20.7. The minimum absolute atomic E-state index is 0.0201. The van der Waals surface area contributed by atoms with Crippen LogP contribution in [0.4, 0.5) is 11.4 Å². The first-order chi connectivity index (χ1) is 15.6. The zero-order valence-electron chi connectivity index (χ0n) is 17.7. The number of thioether (sulfide) groups is 2. The molecule has 0 saturated carbocycles. The van der Waals surface area contributed by atoms with Crippen LogP contribution in [0.1, 0.15) is 5.56 Å². The Morgan fingerprint density at radius 1 is 0.906 bits per heavy atom. The molecule has 1 saturated heterocycles. The molecule has 0 radical (unpaired) electrons. The number of carbonyl (C=O) groups excluding carboxylic acids is 1. The molecule has 0 bridgehead atoms. The molecule has 0 aromatic heterocycles. The lowest BCUT2D eigenvalue weighted by Crippen LogP contribution is -2.29. The van der Waals surface area contributed by atoms with Crippen molar-refractivity contribution in [1.29, 1.82) is 0 Å². The topological polar surface area (TPSA) is 45.1 Å². The lowest BCUT2D eigenvalue weighted by atomic mass is 10.2. The normalized spacial score (nSPS) is 19.1. The lowest BCUT2D eigenvalue weighted by Gasteiger charge is -2.17. The fourth-order valence-corrected chi connectivity index (χ4v) is 5.93. The molecule has 32 heavy (non-hydrogen) atoms. The molecule has 1 amide bonds. The zero-order valence-corrected chi connectivity index (χ0v) is 19.3. The number of hydrogen-bond acceptors (Lipinski definition) is 6. The lowest BCUT2D eigenvalue weighted by molar-refractivity contribution is -0.122. The number of aliphatic imine (C=N–C) groups is 1. The first-order valence-corrected chi connectivity index (χ1v) is 11.8. The Labute approximate surface area is 195 Å². The number of ether oxygens (including phenoxy) is 1. The highest BCUT2D eigenvalue weighted by Gasteiger charge is 2.39. The van der Waals surface area contributed by atoms with Crippen molar-refractivity contribution in [2.75, 3.05) is 19.1 Å². The van der Waals surface area contributed by atoms with Gasteiger partial charge in [-0.15, -0.1) is 0 Å². The molecule has 2 heterocycles. The van der Waals surface area contributed by atoms with E-state index < -0.39 is 0 Å². The van der Waals surface area contributed by atoms with E-state index in [0.29, 0.717) is 16.6 Å². The van der Waals surface area contributed by atoms with Crippen LogP contribution in [0, 0.1) is 0 Å². The summed E-state index contributed by atoms with van der Waals surface area (Å²) in [6.45, 7) is 0.472. The average molecular weight is 460 g/mol. The van der Waals surface area contributed by atoms with E-state index in [1.54, 1.807) is 23.8 Å². The van der Waals surface area contributed by atoms with E-state index in [-0.39, 0.29) is 5.91 Å².